The van der Waals surface area contributed by atoms with Gasteiger partial charge in [-0.05, 0) is 38.6 Å². The van der Waals surface area contributed by atoms with E-state index < -0.39 is 0 Å². The molecular weight excluding hydrogens is 248 g/mol. The first-order valence-corrected chi connectivity index (χ1v) is 8.13. The van der Waals surface area contributed by atoms with Crippen molar-refractivity contribution in [3.05, 3.63) is 18.2 Å². The lowest BCUT2D eigenvalue weighted by Crippen LogP contribution is -2.52. The average molecular weight is 276 g/mol. The lowest BCUT2D eigenvalue weighted by atomic mass is 9.78. The molecule has 1 saturated carbocycles. The van der Waals surface area contributed by atoms with Crippen molar-refractivity contribution in [3.63, 3.8) is 0 Å². The van der Waals surface area contributed by atoms with E-state index in [9.17, 15) is 0 Å². The Labute approximate surface area is 122 Å². The number of rotatable bonds is 4. The minimum atomic E-state index is 0.666. The Morgan fingerprint density at radius 3 is 2.95 bits per heavy atom. The fraction of sp³-hybridized carbons (Fsp3) is 0.812. The summed E-state index contributed by atoms with van der Waals surface area (Å²) in [5.41, 5.74) is 0. The monoisotopic (exact) mass is 276 g/mol. The zero-order valence-corrected chi connectivity index (χ0v) is 12.9. The summed E-state index contributed by atoms with van der Waals surface area (Å²) in [5.74, 6) is 2.11. The van der Waals surface area contributed by atoms with Crippen LogP contribution < -0.4 is 5.32 Å². The standard InChI is InChI=1S/C16H28N4/c1-19(12-16-17-9-10-20(16)2)11-14-8-7-13-5-3-4-6-15(13)18-14/h9-10,13-15,18H,3-8,11-12H2,1-2H3. The predicted molar refractivity (Wildman–Crippen MR) is 81.4 cm³/mol. The molecule has 1 aliphatic heterocycles. The Bertz CT molecular complexity index is 428. The summed E-state index contributed by atoms with van der Waals surface area (Å²) in [6, 6.07) is 1.46. The Morgan fingerprint density at radius 1 is 1.30 bits per heavy atom. The van der Waals surface area contributed by atoms with E-state index >= 15 is 0 Å². The summed E-state index contributed by atoms with van der Waals surface area (Å²) < 4.78 is 2.11. The van der Waals surface area contributed by atoms with Crippen LogP contribution in [0.15, 0.2) is 12.4 Å². The lowest BCUT2D eigenvalue weighted by molar-refractivity contribution is 0.150. The highest BCUT2D eigenvalue weighted by Crippen LogP contribution is 2.32. The maximum atomic E-state index is 4.42. The molecule has 2 heterocycles. The average Bonchev–Trinajstić information content (AvgIpc) is 2.84. The molecule has 2 fully saturated rings. The van der Waals surface area contributed by atoms with E-state index in [0.717, 1.165) is 30.9 Å². The van der Waals surface area contributed by atoms with Gasteiger partial charge in [0.15, 0.2) is 0 Å². The van der Waals surface area contributed by atoms with E-state index in [1.807, 2.05) is 12.4 Å². The normalized spacial score (nSPS) is 30.4. The Morgan fingerprint density at radius 2 is 2.15 bits per heavy atom. The van der Waals surface area contributed by atoms with Gasteiger partial charge in [0.25, 0.3) is 0 Å². The summed E-state index contributed by atoms with van der Waals surface area (Å²) >= 11 is 0. The first kappa shape index (κ1) is 14.1. The molecule has 112 valence electrons. The molecule has 1 aromatic rings. The van der Waals surface area contributed by atoms with E-state index in [2.05, 4.69) is 33.9 Å². The first-order valence-electron chi connectivity index (χ1n) is 8.13. The van der Waals surface area contributed by atoms with Crippen LogP contribution >= 0.6 is 0 Å². The molecule has 1 aliphatic carbocycles. The largest absolute Gasteiger partial charge is 0.337 e. The molecule has 0 spiro atoms. The number of piperidine rings is 1. The topological polar surface area (TPSA) is 33.1 Å². The van der Waals surface area contributed by atoms with Gasteiger partial charge in [-0.15, -0.1) is 0 Å². The summed E-state index contributed by atoms with van der Waals surface area (Å²) in [5, 5.41) is 3.91. The second kappa shape index (κ2) is 6.27. The van der Waals surface area contributed by atoms with Crippen molar-refractivity contribution >= 4 is 0 Å². The zero-order chi connectivity index (χ0) is 13.9. The van der Waals surface area contributed by atoms with Gasteiger partial charge in [-0.2, -0.15) is 0 Å². The highest BCUT2D eigenvalue weighted by atomic mass is 15.2. The third-order valence-corrected chi connectivity index (χ3v) is 5.11. The molecular formula is C16H28N4. The van der Waals surface area contributed by atoms with Gasteiger partial charge in [-0.25, -0.2) is 4.98 Å². The molecule has 3 atom stereocenters. The van der Waals surface area contributed by atoms with Crippen molar-refractivity contribution in [2.75, 3.05) is 13.6 Å². The molecule has 4 heteroatoms. The molecule has 3 rings (SSSR count). The van der Waals surface area contributed by atoms with Crippen LogP contribution in [0.2, 0.25) is 0 Å². The maximum absolute atomic E-state index is 4.42. The summed E-state index contributed by atoms with van der Waals surface area (Å²) in [7, 11) is 4.28. The van der Waals surface area contributed by atoms with Crippen molar-refractivity contribution in [1.29, 1.82) is 0 Å². The molecule has 0 amide bonds. The third-order valence-electron chi connectivity index (χ3n) is 5.11. The molecule has 0 radical (unpaired) electrons. The van der Waals surface area contributed by atoms with Gasteiger partial charge in [0, 0.05) is 38.1 Å². The van der Waals surface area contributed by atoms with Gasteiger partial charge in [-0.3, -0.25) is 4.90 Å². The number of aromatic nitrogens is 2. The summed E-state index contributed by atoms with van der Waals surface area (Å²) in [4.78, 5) is 6.82. The highest BCUT2D eigenvalue weighted by molar-refractivity contribution is 4.93. The van der Waals surface area contributed by atoms with E-state index in [1.54, 1.807) is 0 Å². The zero-order valence-electron chi connectivity index (χ0n) is 12.9. The maximum Gasteiger partial charge on any atom is 0.122 e. The minimum absolute atomic E-state index is 0.666. The molecule has 1 N–H and O–H groups in total. The van der Waals surface area contributed by atoms with E-state index in [4.69, 9.17) is 0 Å². The van der Waals surface area contributed by atoms with Crippen LogP contribution in [0.25, 0.3) is 0 Å². The number of hydrogen-bond donors (Lipinski definition) is 1. The summed E-state index contributed by atoms with van der Waals surface area (Å²) in [6.07, 6.45) is 12.4. The molecule has 4 nitrogen and oxygen atoms in total. The fourth-order valence-corrected chi connectivity index (χ4v) is 3.95. The summed E-state index contributed by atoms with van der Waals surface area (Å²) in [6.45, 7) is 2.08. The number of aryl methyl sites for hydroxylation is 1. The molecule has 0 aromatic carbocycles. The molecule has 1 aromatic heterocycles. The van der Waals surface area contributed by atoms with Gasteiger partial charge in [-0.1, -0.05) is 12.8 Å². The van der Waals surface area contributed by atoms with E-state index in [0.29, 0.717) is 6.04 Å². The third kappa shape index (κ3) is 3.23. The lowest BCUT2D eigenvalue weighted by Gasteiger charge is -2.41. The van der Waals surface area contributed by atoms with Gasteiger partial charge in [0.1, 0.15) is 5.82 Å². The van der Waals surface area contributed by atoms with Crippen molar-refractivity contribution in [2.24, 2.45) is 13.0 Å². The highest BCUT2D eigenvalue weighted by Gasteiger charge is 2.31. The number of fused-ring (bicyclic) bond motifs is 1. The minimum Gasteiger partial charge on any atom is -0.337 e. The van der Waals surface area contributed by atoms with Crippen LogP contribution in [0.1, 0.15) is 44.3 Å². The van der Waals surface area contributed by atoms with Crippen LogP contribution in [0.5, 0.6) is 0 Å². The molecule has 2 aliphatic rings. The fourth-order valence-electron chi connectivity index (χ4n) is 3.95. The van der Waals surface area contributed by atoms with Crippen molar-refractivity contribution in [3.8, 4) is 0 Å². The van der Waals surface area contributed by atoms with Crippen LogP contribution in [0.4, 0.5) is 0 Å². The van der Waals surface area contributed by atoms with Gasteiger partial charge in [0.2, 0.25) is 0 Å². The molecule has 3 unspecified atom stereocenters. The van der Waals surface area contributed by atoms with Gasteiger partial charge >= 0.3 is 0 Å². The number of hydrogen-bond acceptors (Lipinski definition) is 3. The van der Waals surface area contributed by atoms with Crippen LogP contribution in [0.3, 0.4) is 0 Å². The Balaban J connectivity index is 1.49. The first-order chi connectivity index (χ1) is 9.72. The second-order valence-electron chi connectivity index (χ2n) is 6.74. The van der Waals surface area contributed by atoms with Crippen LogP contribution in [-0.2, 0) is 13.6 Å². The second-order valence-corrected chi connectivity index (χ2v) is 6.74. The Hall–Kier alpha value is -0.870. The van der Waals surface area contributed by atoms with Crippen LogP contribution in [0, 0.1) is 5.92 Å². The number of nitrogens with zero attached hydrogens (tertiary/aromatic N) is 3. The smallest absolute Gasteiger partial charge is 0.122 e. The van der Waals surface area contributed by atoms with Crippen LogP contribution in [-0.4, -0.2) is 40.1 Å². The van der Waals surface area contributed by atoms with Gasteiger partial charge in [0.05, 0.1) is 6.54 Å². The van der Waals surface area contributed by atoms with Gasteiger partial charge < -0.3 is 9.88 Å². The molecule has 20 heavy (non-hydrogen) atoms. The number of nitrogens with one attached hydrogen (secondary N) is 1. The molecule has 1 saturated heterocycles. The van der Waals surface area contributed by atoms with E-state index in [-0.39, 0.29) is 0 Å². The number of likely N-dealkylation sites (N-methyl/N-ethyl adjacent to an activating group) is 1. The van der Waals surface area contributed by atoms with Crippen molar-refractivity contribution in [2.45, 2.75) is 57.2 Å². The number of imidazole rings is 1. The SMILES string of the molecule is CN(Cc1nccn1C)CC1CCC2CCCCC2N1. The van der Waals surface area contributed by atoms with Crippen molar-refractivity contribution in [1.82, 2.24) is 19.8 Å². The van der Waals surface area contributed by atoms with E-state index in [1.165, 1.54) is 38.5 Å². The van der Waals surface area contributed by atoms with Crippen molar-refractivity contribution < 1.29 is 0 Å². The Kier molecular flexibility index (Phi) is 4.41. The predicted octanol–water partition coefficient (Wildman–Crippen LogP) is 2.16. The quantitative estimate of drug-likeness (QED) is 0.915. The molecule has 0 bridgehead atoms.